The van der Waals surface area contributed by atoms with Gasteiger partial charge in [0.15, 0.2) is 5.82 Å². The fourth-order valence-electron chi connectivity index (χ4n) is 3.64. The van der Waals surface area contributed by atoms with Crippen LogP contribution in [0.25, 0.3) is 5.69 Å². The molecule has 1 amide bonds. The number of anilines is 1. The van der Waals surface area contributed by atoms with Crippen molar-refractivity contribution in [2.75, 3.05) is 5.32 Å². The summed E-state index contributed by atoms with van der Waals surface area (Å²) in [7, 11) is 0. The van der Waals surface area contributed by atoms with E-state index in [2.05, 4.69) is 20.5 Å². The molecule has 160 valence electrons. The lowest BCUT2D eigenvalue weighted by Gasteiger charge is -2.09. The highest BCUT2D eigenvalue weighted by molar-refractivity contribution is 6.30. The van der Waals surface area contributed by atoms with E-state index < -0.39 is 0 Å². The third-order valence-corrected chi connectivity index (χ3v) is 5.66. The van der Waals surface area contributed by atoms with Crippen molar-refractivity contribution in [3.63, 3.8) is 0 Å². The number of nitrogens with one attached hydrogen (secondary N) is 1. The number of carbonyl (C=O) groups excluding carboxylic acids is 1. The molecule has 8 heteroatoms. The molecular formula is C24H20ClN5O2. The molecule has 0 radical (unpaired) electrons. The van der Waals surface area contributed by atoms with Crippen molar-refractivity contribution >= 4 is 23.3 Å². The minimum atomic E-state index is -0.0890. The Hall–Kier alpha value is -3.71. The van der Waals surface area contributed by atoms with E-state index >= 15 is 0 Å². The number of benzene rings is 2. The first kappa shape index (κ1) is 20.2. The monoisotopic (exact) mass is 445 g/mol. The van der Waals surface area contributed by atoms with Gasteiger partial charge in [0.05, 0.1) is 12.5 Å². The molecule has 1 unspecified atom stereocenters. The number of hydrogen-bond acceptors (Lipinski definition) is 5. The normalized spacial score (nSPS) is 17.0. The van der Waals surface area contributed by atoms with E-state index in [1.165, 1.54) is 6.20 Å². The second-order valence-corrected chi connectivity index (χ2v) is 8.13. The van der Waals surface area contributed by atoms with Gasteiger partial charge in [-0.25, -0.2) is 4.98 Å². The quantitative estimate of drug-likeness (QED) is 0.448. The minimum absolute atomic E-state index is 0.0727. The van der Waals surface area contributed by atoms with Gasteiger partial charge in [-0.3, -0.25) is 4.79 Å². The number of hydrogen-bond donors (Lipinski definition) is 1. The molecule has 1 aliphatic rings. The van der Waals surface area contributed by atoms with Crippen LogP contribution in [0.2, 0.25) is 5.02 Å². The number of carbonyl (C=O) groups is 1. The standard InChI is InChI=1S/C24H20ClN5O2/c25-18-3-1-2-17(10-18)21-12-22(21)24(31)28-23-11-20(13-27-29-23)32-14-16-4-6-19(7-5-16)30-9-8-26-15-30/h1-11,13,15,21-22H,12,14H2,(H,28,29,31)/t21-,22?/m0/s1. The second-order valence-electron chi connectivity index (χ2n) is 7.69. The van der Waals surface area contributed by atoms with Crippen LogP contribution in [-0.2, 0) is 11.4 Å². The maximum absolute atomic E-state index is 12.6. The lowest BCUT2D eigenvalue weighted by molar-refractivity contribution is -0.117. The number of aromatic nitrogens is 4. The van der Waals surface area contributed by atoms with Crippen molar-refractivity contribution in [3.8, 4) is 11.4 Å². The van der Waals surface area contributed by atoms with E-state index in [0.717, 1.165) is 23.2 Å². The van der Waals surface area contributed by atoms with Crippen LogP contribution in [0.5, 0.6) is 5.75 Å². The molecule has 1 fully saturated rings. The topological polar surface area (TPSA) is 81.9 Å². The summed E-state index contributed by atoms with van der Waals surface area (Å²) in [6.07, 6.45) is 7.71. The van der Waals surface area contributed by atoms with Gasteiger partial charge < -0.3 is 14.6 Å². The summed E-state index contributed by atoms with van der Waals surface area (Å²) in [5.74, 6) is 0.938. The predicted octanol–water partition coefficient (Wildman–Crippen LogP) is 4.64. The third kappa shape index (κ3) is 4.63. The van der Waals surface area contributed by atoms with Crippen LogP contribution in [0.15, 0.2) is 79.5 Å². The summed E-state index contributed by atoms with van der Waals surface area (Å²) in [6, 6.07) is 17.3. The van der Waals surface area contributed by atoms with E-state index in [-0.39, 0.29) is 17.7 Å². The maximum atomic E-state index is 12.6. The molecule has 1 aliphatic carbocycles. The number of nitrogens with zero attached hydrogens (tertiary/aromatic N) is 4. The summed E-state index contributed by atoms with van der Waals surface area (Å²) < 4.78 is 7.77. The smallest absolute Gasteiger partial charge is 0.229 e. The Morgan fingerprint density at radius 2 is 2.06 bits per heavy atom. The highest BCUT2D eigenvalue weighted by atomic mass is 35.5. The number of amides is 1. The summed E-state index contributed by atoms with van der Waals surface area (Å²) in [4.78, 5) is 16.7. The Morgan fingerprint density at radius 3 is 2.84 bits per heavy atom. The number of imidazole rings is 1. The number of rotatable bonds is 7. The van der Waals surface area contributed by atoms with Crippen LogP contribution < -0.4 is 10.1 Å². The van der Waals surface area contributed by atoms with Gasteiger partial charge in [0.25, 0.3) is 0 Å². The van der Waals surface area contributed by atoms with Crippen molar-refractivity contribution in [2.45, 2.75) is 18.9 Å². The van der Waals surface area contributed by atoms with Gasteiger partial charge in [0, 0.05) is 35.1 Å². The largest absolute Gasteiger partial charge is 0.487 e. The molecule has 0 aliphatic heterocycles. The first-order valence-electron chi connectivity index (χ1n) is 10.2. The van der Waals surface area contributed by atoms with Crippen molar-refractivity contribution in [1.29, 1.82) is 0 Å². The van der Waals surface area contributed by atoms with Gasteiger partial charge in [0.2, 0.25) is 5.91 Å². The number of halogens is 1. The van der Waals surface area contributed by atoms with Crippen LogP contribution in [0.1, 0.15) is 23.5 Å². The molecule has 0 spiro atoms. The Morgan fingerprint density at radius 1 is 1.19 bits per heavy atom. The molecule has 2 atom stereocenters. The molecule has 1 N–H and O–H groups in total. The van der Waals surface area contributed by atoms with Crippen molar-refractivity contribution in [3.05, 3.63) is 95.7 Å². The summed E-state index contributed by atoms with van der Waals surface area (Å²) >= 11 is 6.06. The highest BCUT2D eigenvalue weighted by Gasteiger charge is 2.44. The molecule has 2 aromatic carbocycles. The molecule has 2 aromatic heterocycles. The summed E-state index contributed by atoms with van der Waals surface area (Å²) in [5.41, 5.74) is 3.12. The SMILES string of the molecule is O=C(Nc1cc(OCc2ccc(-n3ccnc3)cc2)cnn1)C1C[C@H]1c1cccc(Cl)c1. The molecule has 1 saturated carbocycles. The summed E-state index contributed by atoms with van der Waals surface area (Å²) in [5, 5.41) is 11.5. The Bertz CT molecular complexity index is 1230. The second kappa shape index (κ2) is 8.80. The molecule has 0 bridgehead atoms. The first-order chi connectivity index (χ1) is 15.7. The number of ether oxygens (including phenoxy) is 1. The minimum Gasteiger partial charge on any atom is -0.487 e. The fourth-order valence-corrected chi connectivity index (χ4v) is 3.84. The molecule has 0 saturated heterocycles. The van der Waals surface area contributed by atoms with Crippen LogP contribution in [0.4, 0.5) is 5.82 Å². The Labute approximate surface area is 190 Å². The van der Waals surface area contributed by atoms with E-state index in [1.54, 1.807) is 18.6 Å². The molecule has 7 nitrogen and oxygen atoms in total. The highest BCUT2D eigenvalue weighted by Crippen LogP contribution is 2.48. The van der Waals surface area contributed by atoms with Crippen molar-refractivity contribution in [2.24, 2.45) is 5.92 Å². The lowest BCUT2D eigenvalue weighted by atomic mass is 10.1. The zero-order valence-electron chi connectivity index (χ0n) is 17.1. The van der Waals surface area contributed by atoms with Crippen LogP contribution in [-0.4, -0.2) is 25.7 Å². The molecule has 4 aromatic rings. The van der Waals surface area contributed by atoms with Crippen LogP contribution >= 0.6 is 11.6 Å². The molecule has 5 rings (SSSR count). The Kier molecular flexibility index (Phi) is 5.56. The van der Waals surface area contributed by atoms with Crippen molar-refractivity contribution < 1.29 is 9.53 Å². The van der Waals surface area contributed by atoms with E-state index in [1.807, 2.05) is 59.3 Å². The van der Waals surface area contributed by atoms with Crippen LogP contribution in [0.3, 0.4) is 0 Å². The van der Waals surface area contributed by atoms with Crippen molar-refractivity contribution in [1.82, 2.24) is 19.7 Å². The van der Waals surface area contributed by atoms with Gasteiger partial charge in [-0.2, -0.15) is 5.10 Å². The van der Waals surface area contributed by atoms with E-state index in [4.69, 9.17) is 16.3 Å². The Balaban J connectivity index is 1.17. The third-order valence-electron chi connectivity index (χ3n) is 5.43. The van der Waals surface area contributed by atoms with Gasteiger partial charge in [-0.1, -0.05) is 35.9 Å². The first-order valence-corrected chi connectivity index (χ1v) is 10.6. The van der Waals surface area contributed by atoms with Gasteiger partial charge in [0.1, 0.15) is 12.4 Å². The summed E-state index contributed by atoms with van der Waals surface area (Å²) in [6.45, 7) is 0.378. The maximum Gasteiger partial charge on any atom is 0.229 e. The zero-order valence-corrected chi connectivity index (χ0v) is 17.8. The fraction of sp³-hybridized carbons (Fsp3) is 0.167. The van der Waals surface area contributed by atoms with Gasteiger partial charge in [-0.15, -0.1) is 5.10 Å². The average Bonchev–Trinajstić information content (AvgIpc) is 3.44. The molecule has 32 heavy (non-hydrogen) atoms. The van der Waals surface area contributed by atoms with E-state index in [0.29, 0.717) is 23.2 Å². The average molecular weight is 446 g/mol. The predicted molar refractivity (Wildman–Crippen MR) is 121 cm³/mol. The van der Waals surface area contributed by atoms with E-state index in [9.17, 15) is 4.79 Å². The molecule has 2 heterocycles. The van der Waals surface area contributed by atoms with Gasteiger partial charge in [-0.05, 0) is 47.7 Å². The lowest BCUT2D eigenvalue weighted by Crippen LogP contribution is -2.16. The zero-order chi connectivity index (χ0) is 21.9. The van der Waals surface area contributed by atoms with Crippen LogP contribution in [0, 0.1) is 5.92 Å². The van der Waals surface area contributed by atoms with Gasteiger partial charge >= 0.3 is 0 Å². The molecular weight excluding hydrogens is 426 g/mol.